The second-order valence-corrected chi connectivity index (χ2v) is 8.19. The molecule has 0 atom stereocenters. The van der Waals surface area contributed by atoms with Gasteiger partial charge in [-0.05, 0) is 18.2 Å². The summed E-state index contributed by atoms with van der Waals surface area (Å²) < 4.78 is 44.2. The van der Waals surface area contributed by atoms with E-state index in [1.165, 1.54) is 12.1 Å². The van der Waals surface area contributed by atoms with Crippen LogP contribution in [0.2, 0.25) is 0 Å². The van der Waals surface area contributed by atoms with Gasteiger partial charge in [-0.3, -0.25) is 4.99 Å². The van der Waals surface area contributed by atoms with Gasteiger partial charge in [-0.2, -0.15) is 18.2 Å². The van der Waals surface area contributed by atoms with E-state index < -0.39 is 11.7 Å². The van der Waals surface area contributed by atoms with Crippen LogP contribution in [-0.4, -0.2) is 54.2 Å². The zero-order chi connectivity index (χ0) is 21.9. The number of alkyl halides is 3. The first-order valence-electron chi connectivity index (χ1n) is 9.79. The lowest BCUT2D eigenvalue weighted by atomic mass is 9.97. The fourth-order valence-electron chi connectivity index (χ4n) is 3.18. The first kappa shape index (κ1) is 25.2. The molecular formula is C20H28F3IN6O. The van der Waals surface area contributed by atoms with Crippen molar-refractivity contribution in [1.82, 2.24) is 20.4 Å². The van der Waals surface area contributed by atoms with Crippen molar-refractivity contribution in [3.63, 3.8) is 0 Å². The van der Waals surface area contributed by atoms with Crippen molar-refractivity contribution >= 4 is 35.6 Å². The number of piperazine rings is 1. The Hall–Kier alpha value is -2.05. The molecule has 0 spiro atoms. The third-order valence-corrected chi connectivity index (χ3v) is 4.84. The average Bonchev–Trinajstić information content (AvgIpc) is 3.18. The van der Waals surface area contributed by atoms with E-state index in [-0.39, 0.29) is 29.4 Å². The molecule has 172 valence electrons. The fraction of sp³-hybridized carbons (Fsp3) is 0.550. The van der Waals surface area contributed by atoms with Crippen LogP contribution in [0, 0.1) is 0 Å². The van der Waals surface area contributed by atoms with Crippen LogP contribution in [0.1, 0.15) is 38.0 Å². The molecule has 1 aliphatic heterocycles. The van der Waals surface area contributed by atoms with Crippen LogP contribution in [0.25, 0.3) is 0 Å². The highest BCUT2D eigenvalue weighted by atomic mass is 127. The predicted octanol–water partition coefficient (Wildman–Crippen LogP) is 3.90. The Morgan fingerprint density at radius 3 is 2.39 bits per heavy atom. The van der Waals surface area contributed by atoms with Gasteiger partial charge in [0.2, 0.25) is 5.89 Å². The quantitative estimate of drug-likeness (QED) is 0.354. The number of nitrogens with one attached hydrogen (secondary N) is 1. The molecule has 1 aromatic carbocycles. The molecule has 1 fully saturated rings. The molecule has 0 aliphatic carbocycles. The Balaban J connectivity index is 0.00000341. The molecule has 0 saturated carbocycles. The van der Waals surface area contributed by atoms with Gasteiger partial charge in [-0.25, -0.2) is 0 Å². The fourth-order valence-corrected chi connectivity index (χ4v) is 3.18. The number of benzene rings is 1. The van der Waals surface area contributed by atoms with Crippen molar-refractivity contribution in [2.75, 3.05) is 38.1 Å². The van der Waals surface area contributed by atoms with Gasteiger partial charge in [0.25, 0.3) is 0 Å². The number of hydrogen-bond donors (Lipinski definition) is 1. The molecule has 2 aromatic rings. The van der Waals surface area contributed by atoms with Gasteiger partial charge in [0.1, 0.15) is 0 Å². The van der Waals surface area contributed by atoms with Crippen LogP contribution in [0.3, 0.4) is 0 Å². The maximum Gasteiger partial charge on any atom is 0.416 e. The molecule has 1 aliphatic rings. The van der Waals surface area contributed by atoms with Gasteiger partial charge < -0.3 is 19.6 Å². The van der Waals surface area contributed by atoms with Crippen molar-refractivity contribution in [2.24, 2.45) is 4.99 Å². The normalized spacial score (nSPS) is 15.6. The lowest BCUT2D eigenvalue weighted by Crippen LogP contribution is -2.52. The highest BCUT2D eigenvalue weighted by molar-refractivity contribution is 14.0. The van der Waals surface area contributed by atoms with E-state index in [0.29, 0.717) is 56.1 Å². The summed E-state index contributed by atoms with van der Waals surface area (Å²) in [5.74, 6) is 1.81. The third-order valence-electron chi connectivity index (χ3n) is 4.84. The van der Waals surface area contributed by atoms with Gasteiger partial charge in [0, 0.05) is 44.3 Å². The number of hydrogen-bond acceptors (Lipinski definition) is 5. The van der Waals surface area contributed by atoms with Gasteiger partial charge in [0.15, 0.2) is 11.8 Å². The van der Waals surface area contributed by atoms with Crippen molar-refractivity contribution in [1.29, 1.82) is 0 Å². The summed E-state index contributed by atoms with van der Waals surface area (Å²) in [6.45, 7) is 8.84. The minimum atomic E-state index is -4.34. The van der Waals surface area contributed by atoms with E-state index in [1.54, 1.807) is 13.1 Å². The van der Waals surface area contributed by atoms with Gasteiger partial charge in [0.05, 0.1) is 12.1 Å². The molecule has 0 unspecified atom stereocenters. The molecule has 0 bridgehead atoms. The summed E-state index contributed by atoms with van der Waals surface area (Å²) in [7, 11) is 1.69. The maximum atomic E-state index is 13.0. The standard InChI is InChI=1S/C20H27F3N6O.HI/c1-19(2,3)17-26-16(27-30-17)13-25-18(24-4)29-10-8-28(9-11-29)15-7-5-6-14(12-15)20(21,22)23;/h5-7,12H,8-11,13H2,1-4H3,(H,24,25);1H. The first-order valence-corrected chi connectivity index (χ1v) is 9.79. The first-order chi connectivity index (χ1) is 14.1. The van der Waals surface area contributed by atoms with Crippen molar-refractivity contribution in [2.45, 2.75) is 38.9 Å². The highest BCUT2D eigenvalue weighted by Gasteiger charge is 2.31. The number of aliphatic imine (C=N–C) groups is 1. The summed E-state index contributed by atoms with van der Waals surface area (Å²) in [6.07, 6.45) is -4.34. The van der Waals surface area contributed by atoms with Gasteiger partial charge in [-0.15, -0.1) is 24.0 Å². The molecule has 7 nitrogen and oxygen atoms in total. The third kappa shape index (κ3) is 6.47. The summed E-state index contributed by atoms with van der Waals surface area (Å²) in [5.41, 5.74) is -0.268. The van der Waals surface area contributed by atoms with E-state index in [0.717, 1.165) is 6.07 Å². The SMILES string of the molecule is CN=C(NCc1noc(C(C)(C)C)n1)N1CCN(c2cccc(C(F)(F)F)c2)CC1.I. The summed E-state index contributed by atoms with van der Waals surface area (Å²) in [5, 5.41) is 7.22. The highest BCUT2D eigenvalue weighted by Crippen LogP contribution is 2.31. The lowest BCUT2D eigenvalue weighted by molar-refractivity contribution is -0.137. The summed E-state index contributed by atoms with van der Waals surface area (Å²) in [6, 6.07) is 5.45. The molecular weight excluding hydrogens is 524 g/mol. The van der Waals surface area contributed by atoms with Crippen LogP contribution in [0.5, 0.6) is 0 Å². The Morgan fingerprint density at radius 1 is 1.16 bits per heavy atom. The van der Waals surface area contributed by atoms with E-state index >= 15 is 0 Å². The number of anilines is 1. The molecule has 1 saturated heterocycles. The van der Waals surface area contributed by atoms with Crippen LogP contribution >= 0.6 is 24.0 Å². The van der Waals surface area contributed by atoms with E-state index in [9.17, 15) is 13.2 Å². The minimum absolute atomic E-state index is 0. The van der Waals surface area contributed by atoms with Crippen molar-refractivity contribution in [3.8, 4) is 0 Å². The smallest absolute Gasteiger partial charge is 0.368 e. The summed E-state index contributed by atoms with van der Waals surface area (Å²) >= 11 is 0. The second-order valence-electron chi connectivity index (χ2n) is 8.19. The zero-order valence-corrected chi connectivity index (χ0v) is 20.4. The van der Waals surface area contributed by atoms with E-state index in [1.807, 2.05) is 25.7 Å². The van der Waals surface area contributed by atoms with E-state index in [4.69, 9.17) is 4.52 Å². The van der Waals surface area contributed by atoms with Crippen LogP contribution < -0.4 is 10.2 Å². The van der Waals surface area contributed by atoms with E-state index in [2.05, 4.69) is 25.3 Å². The number of halogens is 4. The molecule has 11 heteroatoms. The molecule has 1 N–H and O–H groups in total. The number of guanidine groups is 1. The van der Waals surface area contributed by atoms with Crippen LogP contribution in [0.4, 0.5) is 18.9 Å². The molecule has 2 heterocycles. The number of aromatic nitrogens is 2. The van der Waals surface area contributed by atoms with Crippen LogP contribution in [0.15, 0.2) is 33.8 Å². The molecule has 0 amide bonds. The second kappa shape index (κ2) is 10.0. The largest absolute Gasteiger partial charge is 0.416 e. The Kier molecular flexibility index (Phi) is 8.17. The minimum Gasteiger partial charge on any atom is -0.368 e. The Morgan fingerprint density at radius 2 is 1.84 bits per heavy atom. The lowest BCUT2D eigenvalue weighted by Gasteiger charge is -2.37. The molecule has 3 rings (SSSR count). The van der Waals surface area contributed by atoms with Crippen molar-refractivity contribution < 1.29 is 17.7 Å². The average molecular weight is 552 g/mol. The van der Waals surface area contributed by atoms with Crippen molar-refractivity contribution in [3.05, 3.63) is 41.5 Å². The zero-order valence-electron chi connectivity index (χ0n) is 18.0. The van der Waals surface area contributed by atoms with Crippen LogP contribution in [-0.2, 0) is 18.1 Å². The molecule has 0 radical (unpaired) electrons. The monoisotopic (exact) mass is 552 g/mol. The Bertz CT molecular complexity index is 886. The topological polar surface area (TPSA) is 69.8 Å². The summed E-state index contributed by atoms with van der Waals surface area (Å²) in [4.78, 5) is 12.7. The Labute approximate surface area is 197 Å². The number of rotatable bonds is 3. The van der Waals surface area contributed by atoms with Gasteiger partial charge >= 0.3 is 6.18 Å². The van der Waals surface area contributed by atoms with Gasteiger partial charge in [-0.1, -0.05) is 32.0 Å². The predicted molar refractivity (Wildman–Crippen MR) is 124 cm³/mol. The molecule has 31 heavy (non-hydrogen) atoms. The number of nitrogens with zero attached hydrogens (tertiary/aromatic N) is 5. The molecule has 1 aromatic heterocycles. The maximum absolute atomic E-state index is 13.0.